The minimum absolute atomic E-state index is 0.140. The largest absolute Gasteiger partial charge is 0.496 e. The Morgan fingerprint density at radius 2 is 1.64 bits per heavy atom. The molecule has 1 unspecified atom stereocenters. The summed E-state index contributed by atoms with van der Waals surface area (Å²) >= 11 is 0. The Morgan fingerprint density at radius 1 is 0.972 bits per heavy atom. The van der Waals surface area contributed by atoms with E-state index in [1.807, 2.05) is 0 Å². The maximum Gasteiger partial charge on any atom is 0.345 e. The van der Waals surface area contributed by atoms with Gasteiger partial charge in [-0.3, -0.25) is 13.9 Å². The van der Waals surface area contributed by atoms with Crippen molar-refractivity contribution in [3.05, 3.63) is 95.1 Å². The van der Waals surface area contributed by atoms with Gasteiger partial charge in [-0.25, -0.2) is 9.52 Å². The third kappa shape index (κ3) is 5.37. The van der Waals surface area contributed by atoms with E-state index in [0.29, 0.717) is 29.0 Å². The molecule has 188 valence electrons. The van der Waals surface area contributed by atoms with E-state index in [0.717, 1.165) is 5.56 Å². The number of amides is 1. The summed E-state index contributed by atoms with van der Waals surface area (Å²) in [4.78, 5) is 23.8. The summed E-state index contributed by atoms with van der Waals surface area (Å²) in [6.07, 6.45) is 0.680. The predicted molar refractivity (Wildman–Crippen MR) is 135 cm³/mol. The number of hydrogen-bond acceptors (Lipinski definition) is 8. The molecule has 0 spiro atoms. The van der Waals surface area contributed by atoms with Crippen LogP contribution < -0.4 is 14.2 Å². The van der Waals surface area contributed by atoms with Crippen LogP contribution in [0.3, 0.4) is 0 Å². The van der Waals surface area contributed by atoms with Crippen molar-refractivity contribution in [1.29, 1.82) is 0 Å². The molecule has 3 aromatic rings. The van der Waals surface area contributed by atoms with Gasteiger partial charge in [-0.15, -0.1) is 0 Å². The number of nitrogens with one attached hydrogen (secondary N) is 1. The fourth-order valence-corrected chi connectivity index (χ4v) is 4.96. The Labute approximate surface area is 209 Å². The molecule has 4 N–H and O–H groups in total. The minimum atomic E-state index is -3.34. The molecule has 0 fully saturated rings. The molecule has 4 rings (SSSR count). The topological polar surface area (TPSA) is 135 Å². The average Bonchev–Trinajstić information content (AvgIpc) is 3.15. The zero-order valence-corrected chi connectivity index (χ0v) is 20.3. The number of benzene rings is 3. The van der Waals surface area contributed by atoms with Crippen LogP contribution in [0.4, 0.5) is 0 Å². The summed E-state index contributed by atoms with van der Waals surface area (Å²) in [5.74, 6) is -0.0711. The Bertz CT molecular complexity index is 1300. The van der Waals surface area contributed by atoms with E-state index >= 15 is 0 Å². The van der Waals surface area contributed by atoms with Gasteiger partial charge in [0.05, 0.1) is 25.2 Å². The summed E-state index contributed by atoms with van der Waals surface area (Å²) < 4.78 is 38.1. The second kappa shape index (κ2) is 10.4. The molecule has 10 heteroatoms. The van der Waals surface area contributed by atoms with Crippen molar-refractivity contribution >= 4 is 27.6 Å². The molecule has 0 radical (unpaired) electrons. The van der Waals surface area contributed by atoms with Crippen LogP contribution in [-0.4, -0.2) is 40.3 Å². The second-order valence-electron chi connectivity index (χ2n) is 7.94. The van der Waals surface area contributed by atoms with E-state index in [4.69, 9.17) is 14.2 Å². The zero-order valence-electron chi connectivity index (χ0n) is 19.5. The first-order chi connectivity index (χ1) is 17.2. The zero-order chi connectivity index (χ0) is 25.9. The Kier molecular flexibility index (Phi) is 7.32. The smallest absolute Gasteiger partial charge is 0.345 e. The van der Waals surface area contributed by atoms with E-state index in [9.17, 15) is 23.8 Å². The quantitative estimate of drug-likeness (QED) is 0.320. The third-order valence-corrected chi connectivity index (χ3v) is 7.02. The molecular weight excluding hydrogens is 486 g/mol. The maximum atomic E-state index is 12.2. The number of hydrogen-bond donors (Lipinski definition) is 4. The standard InChI is InChI=1S/C26H25NO8S/c1-33-21-4-3-5-22(25(21)26(30)34-2)35-19-12-10-17(11-13-19)20(28)14-16-6-8-18(9-7-16)23-15-24(29)27-36(23,31)32/h3-13,15,20,28,31-32H,14H2,1-2H3,(H,27,29). The van der Waals surface area contributed by atoms with Crippen LogP contribution in [0, 0.1) is 0 Å². The van der Waals surface area contributed by atoms with Gasteiger partial charge in [0.2, 0.25) is 0 Å². The molecule has 3 aromatic carbocycles. The van der Waals surface area contributed by atoms with Gasteiger partial charge in [0.15, 0.2) is 0 Å². The first-order valence-corrected chi connectivity index (χ1v) is 12.4. The number of rotatable bonds is 8. The molecule has 1 atom stereocenters. The molecule has 0 aromatic heterocycles. The van der Waals surface area contributed by atoms with E-state index in [2.05, 4.69) is 4.72 Å². The summed E-state index contributed by atoms with van der Waals surface area (Å²) in [6, 6.07) is 18.6. The number of carbonyl (C=O) groups is 2. The highest BCUT2D eigenvalue weighted by Gasteiger charge is 2.29. The molecule has 0 bridgehead atoms. The molecule has 1 amide bonds. The number of esters is 1. The molecule has 0 aliphatic carbocycles. The highest BCUT2D eigenvalue weighted by molar-refractivity contribution is 8.31. The first kappa shape index (κ1) is 25.3. The lowest BCUT2D eigenvalue weighted by atomic mass is 10.0. The summed E-state index contributed by atoms with van der Waals surface area (Å²) in [5.41, 5.74) is 2.16. The Balaban J connectivity index is 1.44. The maximum absolute atomic E-state index is 12.2. The van der Waals surface area contributed by atoms with Gasteiger partial charge in [0.1, 0.15) is 22.8 Å². The van der Waals surface area contributed by atoms with E-state index in [1.54, 1.807) is 66.7 Å². The average molecular weight is 512 g/mol. The predicted octanol–water partition coefficient (Wildman–Crippen LogP) is 4.69. The van der Waals surface area contributed by atoms with Crippen LogP contribution in [0.15, 0.2) is 72.8 Å². The molecule has 1 aliphatic heterocycles. The van der Waals surface area contributed by atoms with Crippen molar-refractivity contribution in [2.75, 3.05) is 14.2 Å². The summed E-state index contributed by atoms with van der Waals surface area (Å²) in [5, 5.41) is 10.7. The van der Waals surface area contributed by atoms with Crippen LogP contribution in [-0.2, 0) is 16.0 Å². The first-order valence-electron chi connectivity index (χ1n) is 10.8. The van der Waals surface area contributed by atoms with Crippen LogP contribution in [0.1, 0.15) is 33.2 Å². The van der Waals surface area contributed by atoms with E-state index in [-0.39, 0.29) is 16.2 Å². The van der Waals surface area contributed by atoms with E-state index < -0.39 is 28.8 Å². The van der Waals surface area contributed by atoms with Gasteiger partial charge in [-0.2, -0.15) is 0 Å². The van der Waals surface area contributed by atoms with Gasteiger partial charge in [0.25, 0.3) is 5.91 Å². The van der Waals surface area contributed by atoms with Crippen molar-refractivity contribution in [1.82, 2.24) is 4.72 Å². The highest BCUT2D eigenvalue weighted by Crippen LogP contribution is 2.52. The summed E-state index contributed by atoms with van der Waals surface area (Å²) in [7, 11) is -0.611. The Hall–Kier alpha value is -3.83. The Morgan fingerprint density at radius 3 is 2.22 bits per heavy atom. The number of methoxy groups -OCH3 is 2. The molecule has 36 heavy (non-hydrogen) atoms. The molecular formula is C26H25NO8S. The molecule has 1 heterocycles. The molecule has 0 saturated carbocycles. The fraction of sp³-hybridized carbons (Fsp3) is 0.154. The van der Waals surface area contributed by atoms with Gasteiger partial charge < -0.3 is 19.3 Å². The van der Waals surface area contributed by atoms with Gasteiger partial charge in [0, 0.05) is 12.5 Å². The minimum Gasteiger partial charge on any atom is -0.496 e. The number of aliphatic hydroxyl groups excluding tert-OH is 1. The number of aliphatic hydroxyl groups is 1. The molecule has 9 nitrogen and oxygen atoms in total. The lowest BCUT2D eigenvalue weighted by molar-refractivity contribution is -0.114. The number of carbonyl (C=O) groups excluding carboxylic acids is 2. The van der Waals surface area contributed by atoms with Crippen molar-refractivity contribution in [3.8, 4) is 17.2 Å². The summed E-state index contributed by atoms with van der Waals surface area (Å²) in [6.45, 7) is 0. The van der Waals surface area contributed by atoms with Crippen molar-refractivity contribution in [3.63, 3.8) is 0 Å². The third-order valence-electron chi connectivity index (χ3n) is 5.57. The molecule has 0 saturated heterocycles. The van der Waals surface area contributed by atoms with Gasteiger partial charge >= 0.3 is 5.97 Å². The van der Waals surface area contributed by atoms with Crippen LogP contribution in [0.2, 0.25) is 0 Å². The van der Waals surface area contributed by atoms with Gasteiger partial charge in [-0.1, -0.05) is 53.2 Å². The normalized spacial score (nSPS) is 15.9. The lowest BCUT2D eigenvalue weighted by Gasteiger charge is -2.29. The van der Waals surface area contributed by atoms with Gasteiger partial charge in [-0.05, 0) is 41.0 Å². The monoisotopic (exact) mass is 511 g/mol. The van der Waals surface area contributed by atoms with Crippen LogP contribution in [0.5, 0.6) is 17.2 Å². The van der Waals surface area contributed by atoms with Crippen molar-refractivity contribution < 1.29 is 38.0 Å². The van der Waals surface area contributed by atoms with E-state index in [1.165, 1.54) is 20.3 Å². The SMILES string of the molecule is COC(=O)c1c(OC)cccc1Oc1ccc(C(O)Cc2ccc(C3=CC(=O)NS3(O)O)cc2)cc1. The lowest BCUT2D eigenvalue weighted by Crippen LogP contribution is -2.18. The van der Waals surface area contributed by atoms with Crippen molar-refractivity contribution in [2.45, 2.75) is 12.5 Å². The fourth-order valence-electron chi connectivity index (χ4n) is 3.77. The van der Waals surface area contributed by atoms with Crippen LogP contribution in [0.25, 0.3) is 4.91 Å². The van der Waals surface area contributed by atoms with Crippen molar-refractivity contribution in [2.24, 2.45) is 0 Å². The molecule has 1 aliphatic rings. The highest BCUT2D eigenvalue weighted by atomic mass is 32.3. The second-order valence-corrected chi connectivity index (χ2v) is 9.68. The number of ether oxygens (including phenoxy) is 3. The van der Waals surface area contributed by atoms with Crippen LogP contribution >= 0.6 is 10.8 Å².